The molecule has 0 amide bonds. The van der Waals surface area contributed by atoms with Crippen molar-refractivity contribution in [3.8, 4) is 0 Å². The summed E-state index contributed by atoms with van der Waals surface area (Å²) in [7, 11) is -3.56. The predicted molar refractivity (Wildman–Crippen MR) is 195 cm³/mol. The van der Waals surface area contributed by atoms with Crippen molar-refractivity contribution in [1.29, 1.82) is 0 Å². The van der Waals surface area contributed by atoms with E-state index in [9.17, 15) is 4.57 Å². The van der Waals surface area contributed by atoms with Crippen molar-refractivity contribution in [3.63, 3.8) is 0 Å². The lowest BCUT2D eigenvalue weighted by atomic mass is 10.0. The summed E-state index contributed by atoms with van der Waals surface area (Å²) in [5, 5.41) is 0. The molecule has 3 aromatic rings. The molecule has 10 nitrogen and oxygen atoms in total. The highest BCUT2D eigenvalue weighted by Crippen LogP contribution is 2.49. The predicted octanol–water partition coefficient (Wildman–Crippen LogP) is 9.78. The Hall–Kier alpha value is -2.36. The van der Waals surface area contributed by atoms with Crippen LogP contribution in [0.3, 0.4) is 0 Å². The Morgan fingerprint density at radius 3 is 2.00 bits per heavy atom. The van der Waals surface area contributed by atoms with Gasteiger partial charge in [0.2, 0.25) is 0 Å². The summed E-state index contributed by atoms with van der Waals surface area (Å²) in [5.74, 6) is 0.326. The molecule has 11 heteroatoms. The van der Waals surface area contributed by atoms with Crippen LogP contribution in [0.1, 0.15) is 128 Å². The molecule has 0 aliphatic carbocycles. The van der Waals surface area contributed by atoms with E-state index in [-0.39, 0.29) is 25.7 Å². The van der Waals surface area contributed by atoms with Gasteiger partial charge in [0.1, 0.15) is 18.2 Å². The second kappa shape index (κ2) is 23.9. The Morgan fingerprint density at radius 1 is 0.771 bits per heavy atom. The molecule has 0 bridgehead atoms. The molecule has 2 heterocycles. The van der Waals surface area contributed by atoms with Crippen LogP contribution in [0.15, 0.2) is 36.9 Å². The molecule has 3 rings (SSSR count). The number of aromatic nitrogens is 4. The summed E-state index contributed by atoms with van der Waals surface area (Å²) in [5.41, 5.74) is 9.14. The van der Waals surface area contributed by atoms with Crippen molar-refractivity contribution < 1.29 is 23.1 Å². The molecule has 0 saturated heterocycles. The maximum Gasteiger partial charge on any atom is 0.356 e. The number of anilines is 1. The molecule has 1 unspecified atom stereocenters. The molecule has 0 saturated carbocycles. The fourth-order valence-electron chi connectivity index (χ4n) is 5.64. The van der Waals surface area contributed by atoms with E-state index in [0.29, 0.717) is 36.7 Å². The molecule has 0 fully saturated rings. The monoisotopic (exact) mass is 687 g/mol. The number of hydrogen-bond acceptors (Lipinski definition) is 9. The first-order valence-electron chi connectivity index (χ1n) is 18.4. The number of unbranched alkanes of at least 4 members (excludes halogenated alkanes) is 15. The van der Waals surface area contributed by atoms with Crippen molar-refractivity contribution in [3.05, 3.63) is 48.0 Å². The van der Waals surface area contributed by atoms with Gasteiger partial charge < -0.3 is 28.8 Å². The number of rotatable bonds is 29. The highest BCUT2D eigenvalue weighted by molar-refractivity contribution is 7.53. The minimum Gasteiger partial charge on any atom is -0.382 e. The van der Waals surface area contributed by atoms with E-state index in [1.807, 2.05) is 42.7 Å². The zero-order valence-electron chi connectivity index (χ0n) is 30.0. The van der Waals surface area contributed by atoms with Crippen LogP contribution in [-0.4, -0.2) is 51.8 Å². The lowest BCUT2D eigenvalue weighted by Gasteiger charge is -2.21. The standard InChI is InChI=1S/C37H62N5O5P/c1-4-5-6-7-8-9-10-11-12-13-14-15-16-17-18-19-24-44-25-26-46-48(43,47-28-34-22-20-32(2)21-23-34)31-45-33(3)27-42-30-41-35-36(38)39-29-40-37(35)42/h20-23,29-30,33H,4-19,24-28,31H2,1-3H3,(H2,38,39,40)/t33-,48?/m1/s1. The van der Waals surface area contributed by atoms with Crippen LogP contribution in [0.25, 0.3) is 11.2 Å². The smallest absolute Gasteiger partial charge is 0.356 e. The molecule has 48 heavy (non-hydrogen) atoms. The van der Waals surface area contributed by atoms with Gasteiger partial charge in [-0.1, -0.05) is 133 Å². The van der Waals surface area contributed by atoms with E-state index in [2.05, 4.69) is 21.9 Å². The molecular formula is C37H62N5O5P. The second-order valence-corrected chi connectivity index (χ2v) is 15.0. The van der Waals surface area contributed by atoms with Crippen molar-refractivity contribution in [2.24, 2.45) is 0 Å². The average molecular weight is 688 g/mol. The molecule has 1 aromatic carbocycles. The lowest BCUT2D eigenvalue weighted by molar-refractivity contribution is 0.0530. The molecule has 0 aliphatic rings. The number of fused-ring (bicyclic) bond motifs is 1. The average Bonchev–Trinajstić information content (AvgIpc) is 3.50. The van der Waals surface area contributed by atoms with Gasteiger partial charge in [-0.15, -0.1) is 0 Å². The summed E-state index contributed by atoms with van der Waals surface area (Å²) in [6.07, 6.45) is 24.1. The van der Waals surface area contributed by atoms with Crippen molar-refractivity contribution in [2.45, 2.75) is 143 Å². The molecule has 0 aliphatic heterocycles. The summed E-state index contributed by atoms with van der Waals surface area (Å²) in [4.78, 5) is 12.6. The fraction of sp³-hybridized carbons (Fsp3) is 0.703. The van der Waals surface area contributed by atoms with E-state index >= 15 is 0 Å². The van der Waals surface area contributed by atoms with Gasteiger partial charge in [0, 0.05) is 6.61 Å². The molecule has 0 radical (unpaired) electrons. The number of aryl methyl sites for hydroxylation is 1. The number of hydrogen-bond donors (Lipinski definition) is 1. The van der Waals surface area contributed by atoms with Crippen molar-refractivity contribution in [1.82, 2.24) is 19.5 Å². The highest BCUT2D eigenvalue weighted by Gasteiger charge is 2.27. The summed E-state index contributed by atoms with van der Waals surface area (Å²) in [6.45, 7) is 8.00. The third kappa shape index (κ3) is 16.4. The maximum absolute atomic E-state index is 13.7. The van der Waals surface area contributed by atoms with Gasteiger partial charge >= 0.3 is 7.60 Å². The van der Waals surface area contributed by atoms with Crippen molar-refractivity contribution >= 4 is 24.6 Å². The molecule has 270 valence electrons. The minimum atomic E-state index is -3.56. The van der Waals surface area contributed by atoms with Crippen LogP contribution in [0.5, 0.6) is 0 Å². The van der Waals surface area contributed by atoms with Gasteiger partial charge in [0.25, 0.3) is 0 Å². The van der Waals surface area contributed by atoms with Gasteiger partial charge in [0.05, 0.1) is 38.8 Å². The van der Waals surface area contributed by atoms with Crippen LogP contribution in [0, 0.1) is 6.92 Å². The molecule has 2 N–H and O–H groups in total. The normalized spacial score (nSPS) is 13.6. The Bertz CT molecular complexity index is 1310. The number of imidazole rings is 1. The Labute approximate surface area is 289 Å². The van der Waals surface area contributed by atoms with Gasteiger partial charge in [0.15, 0.2) is 11.5 Å². The molecule has 0 spiro atoms. The van der Waals surface area contributed by atoms with E-state index in [4.69, 9.17) is 24.3 Å². The van der Waals surface area contributed by atoms with E-state index in [1.54, 1.807) is 6.33 Å². The van der Waals surface area contributed by atoms with Gasteiger partial charge in [-0.25, -0.2) is 15.0 Å². The van der Waals surface area contributed by atoms with Gasteiger partial charge in [-0.2, -0.15) is 0 Å². The second-order valence-electron chi connectivity index (χ2n) is 13.1. The zero-order chi connectivity index (χ0) is 34.3. The van der Waals surface area contributed by atoms with Gasteiger partial charge in [-0.05, 0) is 25.8 Å². The number of nitrogens with two attached hydrogens (primary N) is 1. The summed E-state index contributed by atoms with van der Waals surface area (Å²) >= 11 is 0. The van der Waals surface area contributed by atoms with Crippen LogP contribution in [0.4, 0.5) is 5.82 Å². The third-order valence-corrected chi connectivity index (χ3v) is 10.2. The summed E-state index contributed by atoms with van der Waals surface area (Å²) < 4.78 is 39.0. The number of nitrogens with zero attached hydrogens (tertiary/aromatic N) is 4. The lowest BCUT2D eigenvalue weighted by Crippen LogP contribution is -2.18. The Balaban J connectivity index is 1.27. The van der Waals surface area contributed by atoms with E-state index < -0.39 is 7.60 Å². The first kappa shape index (κ1) is 40.1. The van der Waals surface area contributed by atoms with Crippen LogP contribution >= 0.6 is 7.60 Å². The summed E-state index contributed by atoms with van der Waals surface area (Å²) in [6, 6.07) is 7.92. The first-order valence-corrected chi connectivity index (χ1v) is 20.2. The Morgan fingerprint density at radius 2 is 1.38 bits per heavy atom. The zero-order valence-corrected chi connectivity index (χ0v) is 30.8. The van der Waals surface area contributed by atoms with Crippen LogP contribution < -0.4 is 5.73 Å². The van der Waals surface area contributed by atoms with Gasteiger partial charge in [-0.3, -0.25) is 4.57 Å². The van der Waals surface area contributed by atoms with Crippen LogP contribution in [-0.2, 0) is 36.2 Å². The van der Waals surface area contributed by atoms with E-state index in [1.165, 1.54) is 103 Å². The Kier molecular flexibility index (Phi) is 20.0. The molecule has 2 atom stereocenters. The minimum absolute atomic E-state index is 0.164. The topological polar surface area (TPSA) is 124 Å². The SMILES string of the molecule is CCCCCCCCCCCCCCCCCCOCCOP(=O)(CO[C@H](C)Cn1cnc2c(N)ncnc21)OCc1ccc(C)cc1. The van der Waals surface area contributed by atoms with Crippen LogP contribution in [0.2, 0.25) is 0 Å². The molecule has 2 aromatic heterocycles. The first-order chi connectivity index (χ1) is 23.4. The number of benzene rings is 1. The van der Waals surface area contributed by atoms with Crippen molar-refractivity contribution in [2.75, 3.05) is 31.9 Å². The fourth-order valence-corrected chi connectivity index (χ4v) is 7.00. The maximum atomic E-state index is 13.7. The molecular weight excluding hydrogens is 625 g/mol. The third-order valence-electron chi connectivity index (χ3n) is 8.61. The highest BCUT2D eigenvalue weighted by atomic mass is 31.2. The number of ether oxygens (including phenoxy) is 2. The quantitative estimate of drug-likeness (QED) is 0.0561. The largest absolute Gasteiger partial charge is 0.382 e. The number of nitrogen functional groups attached to an aromatic ring is 1. The van der Waals surface area contributed by atoms with E-state index in [0.717, 1.165) is 17.5 Å².